The van der Waals surface area contributed by atoms with Crippen molar-refractivity contribution < 1.29 is 18.3 Å². The number of nitrogen functional groups attached to an aromatic ring is 1. The van der Waals surface area contributed by atoms with Crippen molar-refractivity contribution in [2.75, 3.05) is 17.7 Å². The molecule has 4 N–H and O–H groups in total. The van der Waals surface area contributed by atoms with Gasteiger partial charge in [-0.25, -0.2) is 4.98 Å². The lowest BCUT2D eigenvalue weighted by atomic mass is 10.0. The van der Waals surface area contributed by atoms with Gasteiger partial charge in [-0.2, -0.15) is 18.2 Å². The van der Waals surface area contributed by atoms with Gasteiger partial charge >= 0.3 is 6.18 Å². The molecule has 1 aromatic heterocycles. The number of aliphatic hydroxyl groups is 1. The molecular formula is C11H17F3N4O. The molecule has 0 saturated heterocycles. The molecule has 0 bridgehead atoms. The molecule has 1 unspecified atom stereocenters. The highest BCUT2D eigenvalue weighted by molar-refractivity contribution is 5.42. The van der Waals surface area contributed by atoms with Crippen molar-refractivity contribution in [3.63, 3.8) is 0 Å². The zero-order chi connectivity index (χ0) is 14.6. The lowest BCUT2D eigenvalue weighted by molar-refractivity contribution is -0.141. The van der Waals surface area contributed by atoms with E-state index in [0.717, 1.165) is 6.07 Å². The molecule has 0 saturated carbocycles. The summed E-state index contributed by atoms with van der Waals surface area (Å²) in [5.74, 6) is -0.312. The molecule has 19 heavy (non-hydrogen) atoms. The standard InChI is InChI=1S/C11H17F3N4O/c1-6(2)7(3-4-19)16-9-5-8(11(12,13)14)17-10(15)18-9/h5-7,19H,3-4H2,1-2H3,(H3,15,16,17,18). The van der Waals surface area contributed by atoms with Gasteiger partial charge in [0.15, 0.2) is 5.69 Å². The minimum atomic E-state index is -4.57. The van der Waals surface area contributed by atoms with Gasteiger partial charge in [-0.15, -0.1) is 0 Å². The number of halogens is 3. The van der Waals surface area contributed by atoms with Gasteiger partial charge in [-0.05, 0) is 12.3 Å². The van der Waals surface area contributed by atoms with Crippen molar-refractivity contribution >= 4 is 11.8 Å². The minimum absolute atomic E-state index is 0.00646. The van der Waals surface area contributed by atoms with Gasteiger partial charge < -0.3 is 16.2 Å². The smallest absolute Gasteiger partial charge is 0.396 e. The topological polar surface area (TPSA) is 84.1 Å². The van der Waals surface area contributed by atoms with E-state index in [1.807, 2.05) is 13.8 Å². The van der Waals surface area contributed by atoms with Crippen molar-refractivity contribution in [2.24, 2.45) is 5.92 Å². The molecule has 0 amide bonds. The van der Waals surface area contributed by atoms with Crippen LogP contribution in [0.15, 0.2) is 6.07 Å². The van der Waals surface area contributed by atoms with E-state index in [2.05, 4.69) is 15.3 Å². The quantitative estimate of drug-likeness (QED) is 0.766. The molecule has 1 atom stereocenters. The highest BCUT2D eigenvalue weighted by Gasteiger charge is 2.33. The Morgan fingerprint density at radius 1 is 1.37 bits per heavy atom. The number of alkyl halides is 3. The number of nitrogens with zero attached hydrogens (tertiary/aromatic N) is 2. The van der Waals surface area contributed by atoms with Crippen molar-refractivity contribution in [3.05, 3.63) is 11.8 Å². The Bertz CT molecular complexity index is 423. The van der Waals surface area contributed by atoms with Gasteiger partial charge in [0.1, 0.15) is 5.82 Å². The van der Waals surface area contributed by atoms with Crippen molar-refractivity contribution in [1.82, 2.24) is 9.97 Å². The summed E-state index contributed by atoms with van der Waals surface area (Å²) in [6, 6.07) is 0.615. The predicted octanol–water partition coefficient (Wildman–Crippen LogP) is 1.90. The second-order valence-corrected chi connectivity index (χ2v) is 4.50. The molecule has 1 aromatic rings. The molecule has 0 radical (unpaired) electrons. The fourth-order valence-electron chi connectivity index (χ4n) is 1.59. The molecule has 0 aliphatic rings. The summed E-state index contributed by atoms with van der Waals surface area (Å²) in [6.45, 7) is 3.72. The summed E-state index contributed by atoms with van der Waals surface area (Å²) in [6.07, 6.45) is -4.17. The first kappa shape index (κ1) is 15.5. The number of anilines is 2. The molecule has 108 valence electrons. The van der Waals surface area contributed by atoms with Crippen LogP contribution in [0, 0.1) is 5.92 Å². The highest BCUT2D eigenvalue weighted by Crippen LogP contribution is 2.29. The molecule has 1 rings (SSSR count). The largest absolute Gasteiger partial charge is 0.433 e. The van der Waals surface area contributed by atoms with Crippen LogP contribution in [0.2, 0.25) is 0 Å². The van der Waals surface area contributed by atoms with Crippen LogP contribution in [0.5, 0.6) is 0 Å². The van der Waals surface area contributed by atoms with Crippen LogP contribution in [-0.4, -0.2) is 27.7 Å². The van der Waals surface area contributed by atoms with Crippen LogP contribution in [0.3, 0.4) is 0 Å². The molecule has 0 fully saturated rings. The Balaban J connectivity index is 2.97. The van der Waals surface area contributed by atoms with E-state index < -0.39 is 17.8 Å². The van der Waals surface area contributed by atoms with Gasteiger partial charge in [0, 0.05) is 18.7 Å². The molecule has 0 aliphatic heterocycles. The third-order valence-corrected chi connectivity index (χ3v) is 2.61. The van der Waals surface area contributed by atoms with Gasteiger partial charge in [0.25, 0.3) is 0 Å². The van der Waals surface area contributed by atoms with Crippen molar-refractivity contribution in [1.29, 1.82) is 0 Å². The molecule has 1 heterocycles. The van der Waals surface area contributed by atoms with Crippen LogP contribution >= 0.6 is 0 Å². The average molecular weight is 278 g/mol. The number of hydrogen-bond donors (Lipinski definition) is 3. The first-order valence-electron chi connectivity index (χ1n) is 5.83. The zero-order valence-corrected chi connectivity index (χ0v) is 10.7. The van der Waals surface area contributed by atoms with Gasteiger partial charge in [0.05, 0.1) is 0 Å². The monoisotopic (exact) mass is 278 g/mol. The molecular weight excluding hydrogens is 261 g/mol. The first-order valence-corrected chi connectivity index (χ1v) is 5.83. The lowest BCUT2D eigenvalue weighted by Crippen LogP contribution is -2.28. The van der Waals surface area contributed by atoms with E-state index in [-0.39, 0.29) is 24.4 Å². The first-order chi connectivity index (χ1) is 8.74. The molecule has 5 nitrogen and oxygen atoms in total. The van der Waals surface area contributed by atoms with Crippen molar-refractivity contribution in [2.45, 2.75) is 32.5 Å². The summed E-state index contributed by atoms with van der Waals surface area (Å²) < 4.78 is 37.7. The van der Waals surface area contributed by atoms with E-state index in [1.54, 1.807) is 0 Å². The average Bonchev–Trinajstić information content (AvgIpc) is 2.26. The van der Waals surface area contributed by atoms with E-state index in [0.29, 0.717) is 6.42 Å². The minimum Gasteiger partial charge on any atom is -0.396 e. The summed E-state index contributed by atoms with van der Waals surface area (Å²) in [4.78, 5) is 6.88. The number of nitrogens with two attached hydrogens (primary N) is 1. The Morgan fingerprint density at radius 3 is 2.47 bits per heavy atom. The summed E-state index contributed by atoms with van der Waals surface area (Å²) in [7, 11) is 0. The maximum atomic E-state index is 12.6. The van der Waals surface area contributed by atoms with E-state index in [4.69, 9.17) is 10.8 Å². The van der Waals surface area contributed by atoms with Crippen LogP contribution in [0.1, 0.15) is 26.0 Å². The highest BCUT2D eigenvalue weighted by atomic mass is 19.4. The van der Waals surface area contributed by atoms with E-state index in [9.17, 15) is 13.2 Å². The SMILES string of the molecule is CC(C)C(CCO)Nc1cc(C(F)(F)F)nc(N)n1. The third kappa shape index (κ3) is 4.55. The maximum Gasteiger partial charge on any atom is 0.433 e. The summed E-state index contributed by atoms with van der Waals surface area (Å²) >= 11 is 0. The molecule has 8 heteroatoms. The van der Waals surface area contributed by atoms with E-state index in [1.165, 1.54) is 0 Å². The number of aliphatic hydroxyl groups excluding tert-OH is 1. The number of nitrogens with one attached hydrogen (secondary N) is 1. The zero-order valence-electron chi connectivity index (χ0n) is 10.7. The summed E-state index contributed by atoms with van der Waals surface area (Å²) in [5, 5.41) is 11.8. The van der Waals surface area contributed by atoms with Crippen LogP contribution in [0.25, 0.3) is 0 Å². The molecule has 0 aromatic carbocycles. The Labute approximate surface area is 109 Å². The lowest BCUT2D eigenvalue weighted by Gasteiger charge is -2.22. The Hall–Kier alpha value is -1.57. The number of rotatable bonds is 5. The maximum absolute atomic E-state index is 12.6. The van der Waals surface area contributed by atoms with Crippen LogP contribution in [0.4, 0.5) is 24.9 Å². The summed E-state index contributed by atoms with van der Waals surface area (Å²) in [5.41, 5.74) is 4.18. The predicted molar refractivity (Wildman–Crippen MR) is 65.4 cm³/mol. The van der Waals surface area contributed by atoms with Crippen molar-refractivity contribution in [3.8, 4) is 0 Å². The second kappa shape index (κ2) is 6.05. The molecule has 0 spiro atoms. The molecule has 0 aliphatic carbocycles. The van der Waals surface area contributed by atoms with Crippen LogP contribution < -0.4 is 11.1 Å². The number of aromatic nitrogens is 2. The normalized spacial score (nSPS) is 13.6. The Morgan fingerprint density at radius 2 is 2.00 bits per heavy atom. The van der Waals surface area contributed by atoms with E-state index >= 15 is 0 Å². The third-order valence-electron chi connectivity index (χ3n) is 2.61. The second-order valence-electron chi connectivity index (χ2n) is 4.50. The Kier molecular flexibility index (Phi) is 4.93. The van der Waals surface area contributed by atoms with Gasteiger partial charge in [-0.1, -0.05) is 13.8 Å². The number of hydrogen-bond acceptors (Lipinski definition) is 5. The van der Waals surface area contributed by atoms with Gasteiger partial charge in [-0.3, -0.25) is 0 Å². The van der Waals surface area contributed by atoms with Crippen LogP contribution in [-0.2, 0) is 6.18 Å². The fraction of sp³-hybridized carbons (Fsp3) is 0.636. The fourth-order valence-corrected chi connectivity index (χ4v) is 1.59. The van der Waals surface area contributed by atoms with Gasteiger partial charge in [0.2, 0.25) is 5.95 Å².